The van der Waals surface area contributed by atoms with Gasteiger partial charge in [-0.1, -0.05) is 30.4 Å². The highest BCUT2D eigenvalue weighted by atomic mass is 32.2. The van der Waals surface area contributed by atoms with Crippen molar-refractivity contribution in [2.45, 2.75) is 6.42 Å². The van der Waals surface area contributed by atoms with Gasteiger partial charge in [0.2, 0.25) is 0 Å². The predicted molar refractivity (Wildman–Crippen MR) is 77.1 cm³/mol. The summed E-state index contributed by atoms with van der Waals surface area (Å²) >= 11 is 1.78. The van der Waals surface area contributed by atoms with E-state index in [1.807, 2.05) is 6.08 Å². The minimum Gasteiger partial charge on any atom is -0.377 e. The molecule has 0 radical (unpaired) electrons. The lowest BCUT2D eigenvalue weighted by molar-refractivity contribution is 1.13. The van der Waals surface area contributed by atoms with Crippen molar-refractivity contribution in [2.24, 2.45) is 0 Å². The molecule has 0 bridgehead atoms. The van der Waals surface area contributed by atoms with E-state index in [-0.39, 0.29) is 0 Å². The van der Waals surface area contributed by atoms with E-state index in [1.54, 1.807) is 11.8 Å². The van der Waals surface area contributed by atoms with Crippen molar-refractivity contribution >= 4 is 22.4 Å². The zero-order valence-corrected chi connectivity index (χ0v) is 11.1. The van der Waals surface area contributed by atoms with Crippen LogP contribution in [0.1, 0.15) is 12.0 Å². The van der Waals surface area contributed by atoms with Gasteiger partial charge in [-0.15, -0.1) is 18.3 Å². The summed E-state index contributed by atoms with van der Waals surface area (Å²) in [6, 6.07) is 8.47. The molecule has 0 aliphatic heterocycles. The zero-order chi connectivity index (χ0) is 12.0. The summed E-state index contributed by atoms with van der Waals surface area (Å²) in [7, 11) is 4.15. The molecule has 2 heteroatoms. The Morgan fingerprint density at radius 1 is 1.38 bits per heavy atom. The first-order chi connectivity index (χ1) is 7.70. The quantitative estimate of drug-likeness (QED) is 0.706. The number of hydrogen-bond acceptors (Lipinski definition) is 2. The maximum absolute atomic E-state index is 3.75. The molecule has 1 rings (SSSR count). The van der Waals surface area contributed by atoms with Gasteiger partial charge in [-0.05, 0) is 18.7 Å². The maximum atomic E-state index is 3.75. The predicted octanol–water partition coefficient (Wildman–Crippen LogP) is 4.03. The van der Waals surface area contributed by atoms with Gasteiger partial charge in [-0.2, -0.15) is 0 Å². The van der Waals surface area contributed by atoms with Crippen LogP contribution in [0.15, 0.2) is 43.0 Å². The van der Waals surface area contributed by atoms with E-state index in [0.29, 0.717) is 0 Å². The van der Waals surface area contributed by atoms with E-state index in [9.17, 15) is 0 Å². The van der Waals surface area contributed by atoms with E-state index >= 15 is 0 Å². The highest BCUT2D eigenvalue weighted by Crippen LogP contribution is 2.32. The Kier molecular flexibility index (Phi) is 5.20. The van der Waals surface area contributed by atoms with Crippen molar-refractivity contribution < 1.29 is 0 Å². The molecule has 0 N–H and O–H groups in total. The standard InChI is InChI=1S/C14H19NS/c1-5-6-11-14(16-4)12-9-7-8-10-13(12)15(2)3/h5,7-11H,1,6H2,2-4H3/b14-11-. The summed E-state index contributed by atoms with van der Waals surface area (Å²) < 4.78 is 0. The number of hydrogen-bond donors (Lipinski definition) is 0. The van der Waals surface area contributed by atoms with Crippen molar-refractivity contribution in [3.63, 3.8) is 0 Å². The summed E-state index contributed by atoms with van der Waals surface area (Å²) in [4.78, 5) is 3.46. The molecule has 0 amide bonds. The fourth-order valence-corrected chi connectivity index (χ4v) is 2.22. The Bertz CT molecular complexity index is 380. The van der Waals surface area contributed by atoms with Gasteiger partial charge in [0.25, 0.3) is 0 Å². The molecule has 0 heterocycles. The van der Waals surface area contributed by atoms with Gasteiger partial charge in [0.15, 0.2) is 0 Å². The second-order valence-corrected chi connectivity index (χ2v) is 4.56. The first-order valence-corrected chi connectivity index (χ1v) is 6.55. The number of nitrogens with zero attached hydrogens (tertiary/aromatic N) is 1. The van der Waals surface area contributed by atoms with E-state index in [0.717, 1.165) is 6.42 Å². The topological polar surface area (TPSA) is 3.24 Å². The van der Waals surface area contributed by atoms with Crippen LogP contribution in [-0.4, -0.2) is 20.4 Å². The van der Waals surface area contributed by atoms with Crippen LogP contribution in [0, 0.1) is 0 Å². The second kappa shape index (κ2) is 6.44. The molecule has 1 aromatic carbocycles. The summed E-state index contributed by atoms with van der Waals surface area (Å²) in [6.45, 7) is 3.75. The van der Waals surface area contributed by atoms with Crippen LogP contribution >= 0.6 is 11.8 Å². The summed E-state index contributed by atoms with van der Waals surface area (Å²) in [5.74, 6) is 0. The fourth-order valence-electron chi connectivity index (χ4n) is 1.57. The third kappa shape index (κ3) is 3.17. The van der Waals surface area contributed by atoms with Crippen molar-refractivity contribution in [1.82, 2.24) is 0 Å². The Morgan fingerprint density at radius 3 is 2.62 bits per heavy atom. The molecular weight excluding hydrogens is 214 g/mol. The van der Waals surface area contributed by atoms with Crippen LogP contribution < -0.4 is 4.90 Å². The number of thioether (sulfide) groups is 1. The maximum Gasteiger partial charge on any atom is 0.0445 e. The van der Waals surface area contributed by atoms with E-state index < -0.39 is 0 Å². The average molecular weight is 233 g/mol. The monoisotopic (exact) mass is 233 g/mol. The van der Waals surface area contributed by atoms with Gasteiger partial charge in [-0.3, -0.25) is 0 Å². The van der Waals surface area contributed by atoms with Crippen LogP contribution in [-0.2, 0) is 0 Å². The molecule has 86 valence electrons. The first-order valence-electron chi connectivity index (χ1n) is 5.32. The van der Waals surface area contributed by atoms with Crippen LogP contribution in [0.25, 0.3) is 4.91 Å². The van der Waals surface area contributed by atoms with Gasteiger partial charge >= 0.3 is 0 Å². The molecule has 0 fully saturated rings. The number of allylic oxidation sites excluding steroid dienone is 2. The molecule has 0 saturated heterocycles. The van der Waals surface area contributed by atoms with Crippen LogP contribution in [0.4, 0.5) is 5.69 Å². The smallest absolute Gasteiger partial charge is 0.0445 e. The fraction of sp³-hybridized carbons (Fsp3) is 0.286. The average Bonchev–Trinajstić information content (AvgIpc) is 2.30. The van der Waals surface area contributed by atoms with E-state index in [2.05, 4.69) is 62.2 Å². The van der Waals surface area contributed by atoms with Crippen molar-refractivity contribution in [3.05, 3.63) is 48.6 Å². The molecule has 16 heavy (non-hydrogen) atoms. The highest BCUT2D eigenvalue weighted by Gasteiger charge is 2.07. The summed E-state index contributed by atoms with van der Waals surface area (Å²) in [5, 5.41) is 0. The lowest BCUT2D eigenvalue weighted by Gasteiger charge is -2.18. The molecule has 1 aromatic rings. The SMILES string of the molecule is C=CC/C=C(\SC)c1ccccc1N(C)C. The van der Waals surface area contributed by atoms with E-state index in [4.69, 9.17) is 0 Å². The van der Waals surface area contributed by atoms with Crippen molar-refractivity contribution in [3.8, 4) is 0 Å². The molecule has 0 aliphatic rings. The number of benzene rings is 1. The third-order valence-corrected chi connectivity index (χ3v) is 3.17. The van der Waals surface area contributed by atoms with Gasteiger partial charge in [0.05, 0.1) is 0 Å². The lowest BCUT2D eigenvalue weighted by atomic mass is 10.1. The minimum absolute atomic E-state index is 0.915. The largest absolute Gasteiger partial charge is 0.377 e. The zero-order valence-electron chi connectivity index (χ0n) is 10.2. The van der Waals surface area contributed by atoms with Gasteiger partial charge < -0.3 is 4.90 Å². The molecule has 0 atom stereocenters. The van der Waals surface area contributed by atoms with Crippen molar-refractivity contribution in [2.75, 3.05) is 25.3 Å². The second-order valence-electron chi connectivity index (χ2n) is 3.71. The molecule has 0 aliphatic carbocycles. The Hall–Kier alpha value is -1.15. The van der Waals surface area contributed by atoms with Gasteiger partial charge in [-0.25, -0.2) is 0 Å². The number of anilines is 1. The summed E-state index contributed by atoms with van der Waals surface area (Å²) in [5.41, 5.74) is 2.55. The van der Waals surface area contributed by atoms with Gasteiger partial charge in [0, 0.05) is 30.3 Å². The number of para-hydroxylation sites is 1. The molecule has 1 nitrogen and oxygen atoms in total. The van der Waals surface area contributed by atoms with E-state index in [1.165, 1.54) is 16.2 Å². The number of rotatable bonds is 5. The molecular formula is C14H19NS. The van der Waals surface area contributed by atoms with Crippen molar-refractivity contribution in [1.29, 1.82) is 0 Å². The van der Waals surface area contributed by atoms with Crippen LogP contribution in [0.2, 0.25) is 0 Å². The third-order valence-electron chi connectivity index (χ3n) is 2.34. The Labute approximate surface area is 103 Å². The normalized spacial score (nSPS) is 11.3. The Balaban J connectivity index is 3.13. The van der Waals surface area contributed by atoms with Crippen LogP contribution in [0.3, 0.4) is 0 Å². The lowest BCUT2D eigenvalue weighted by Crippen LogP contribution is -2.10. The van der Waals surface area contributed by atoms with Crippen LogP contribution in [0.5, 0.6) is 0 Å². The summed E-state index contributed by atoms with van der Waals surface area (Å²) in [6.07, 6.45) is 7.17. The minimum atomic E-state index is 0.915. The highest BCUT2D eigenvalue weighted by molar-refractivity contribution is 8.07. The van der Waals surface area contributed by atoms with Gasteiger partial charge in [0.1, 0.15) is 0 Å². The first kappa shape index (κ1) is 12.9. The molecule has 0 saturated carbocycles. The molecule has 0 unspecified atom stereocenters. The molecule has 0 aromatic heterocycles. The Morgan fingerprint density at radius 2 is 2.06 bits per heavy atom. The molecule has 0 spiro atoms.